The summed E-state index contributed by atoms with van der Waals surface area (Å²) in [5.74, 6) is -0.332. The molecule has 0 bridgehead atoms. The molecule has 4 nitrogen and oxygen atoms in total. The third-order valence-corrected chi connectivity index (χ3v) is 3.08. The Hall–Kier alpha value is -1.84. The van der Waals surface area contributed by atoms with E-state index in [1.807, 2.05) is 18.2 Å². The van der Waals surface area contributed by atoms with Gasteiger partial charge in [-0.15, -0.1) is 0 Å². The van der Waals surface area contributed by atoms with Crippen LogP contribution in [0.1, 0.15) is 46.1 Å². The van der Waals surface area contributed by atoms with Gasteiger partial charge in [-0.1, -0.05) is 19.4 Å². The molecule has 0 aliphatic heterocycles. The summed E-state index contributed by atoms with van der Waals surface area (Å²) in [6.45, 7) is 8.40. The SMILES string of the molecule is CCC/C(=N/C(C)(C)C)c1ccc2c(c1)oc(=O)n2C. The number of oxazole rings is 1. The van der Waals surface area contributed by atoms with Gasteiger partial charge in [-0.25, -0.2) is 4.79 Å². The van der Waals surface area contributed by atoms with Crippen molar-refractivity contribution >= 4 is 16.8 Å². The van der Waals surface area contributed by atoms with Gasteiger partial charge in [0.1, 0.15) is 0 Å². The number of rotatable bonds is 3. The Labute approximate surface area is 119 Å². The topological polar surface area (TPSA) is 47.5 Å². The van der Waals surface area contributed by atoms with Gasteiger partial charge in [-0.05, 0) is 44.9 Å². The molecule has 0 saturated heterocycles. The lowest BCUT2D eigenvalue weighted by atomic mass is 10.0. The van der Waals surface area contributed by atoms with Gasteiger partial charge in [0.25, 0.3) is 0 Å². The van der Waals surface area contributed by atoms with E-state index in [1.54, 1.807) is 7.05 Å². The van der Waals surface area contributed by atoms with E-state index in [-0.39, 0.29) is 11.3 Å². The fourth-order valence-electron chi connectivity index (χ4n) is 2.22. The highest BCUT2D eigenvalue weighted by Gasteiger charge is 2.13. The van der Waals surface area contributed by atoms with Gasteiger partial charge in [0.05, 0.1) is 11.1 Å². The molecule has 0 amide bonds. The molecule has 0 atom stereocenters. The monoisotopic (exact) mass is 274 g/mol. The Bertz CT molecular complexity index is 699. The van der Waals surface area contributed by atoms with Gasteiger partial charge in [0.2, 0.25) is 0 Å². The molecule has 0 aliphatic rings. The van der Waals surface area contributed by atoms with Gasteiger partial charge < -0.3 is 4.42 Å². The molecule has 0 radical (unpaired) electrons. The molecule has 1 heterocycles. The molecule has 108 valence electrons. The van der Waals surface area contributed by atoms with Gasteiger partial charge in [0, 0.05) is 12.8 Å². The summed E-state index contributed by atoms with van der Waals surface area (Å²) in [5.41, 5.74) is 3.41. The van der Waals surface area contributed by atoms with Crippen LogP contribution in [0.2, 0.25) is 0 Å². The van der Waals surface area contributed by atoms with E-state index in [9.17, 15) is 4.79 Å². The number of aryl methyl sites for hydroxylation is 1. The molecule has 0 spiro atoms. The molecule has 0 unspecified atom stereocenters. The minimum atomic E-state index is -0.332. The predicted molar refractivity (Wildman–Crippen MR) is 82.7 cm³/mol. The second kappa shape index (κ2) is 5.27. The van der Waals surface area contributed by atoms with Crippen LogP contribution in [0.3, 0.4) is 0 Å². The Balaban J connectivity index is 2.54. The Morgan fingerprint density at radius 2 is 2.05 bits per heavy atom. The van der Waals surface area contributed by atoms with Gasteiger partial charge in [0.15, 0.2) is 5.58 Å². The molecule has 0 saturated carbocycles. The smallest absolute Gasteiger partial charge is 0.408 e. The molecular formula is C16H22N2O2. The lowest BCUT2D eigenvalue weighted by Crippen LogP contribution is -2.15. The van der Waals surface area contributed by atoms with Crippen LogP contribution in [0.5, 0.6) is 0 Å². The van der Waals surface area contributed by atoms with Crippen molar-refractivity contribution in [1.29, 1.82) is 0 Å². The molecule has 1 aromatic heterocycles. The van der Waals surface area contributed by atoms with Crippen LogP contribution in [0, 0.1) is 0 Å². The highest BCUT2D eigenvalue weighted by atomic mass is 16.4. The number of fused-ring (bicyclic) bond motifs is 1. The zero-order valence-corrected chi connectivity index (χ0v) is 12.9. The van der Waals surface area contributed by atoms with Crippen molar-refractivity contribution in [2.45, 2.75) is 46.1 Å². The number of benzene rings is 1. The fraction of sp³-hybridized carbons (Fsp3) is 0.500. The van der Waals surface area contributed by atoms with Gasteiger partial charge in [-0.2, -0.15) is 0 Å². The maximum Gasteiger partial charge on any atom is 0.419 e. The van der Waals surface area contributed by atoms with Crippen molar-refractivity contribution in [2.24, 2.45) is 12.0 Å². The molecule has 0 fully saturated rings. The first-order valence-corrected chi connectivity index (χ1v) is 7.00. The van der Waals surface area contributed by atoms with E-state index in [2.05, 4.69) is 27.7 Å². The Morgan fingerprint density at radius 1 is 1.35 bits per heavy atom. The van der Waals surface area contributed by atoms with E-state index < -0.39 is 0 Å². The van der Waals surface area contributed by atoms with Crippen LogP contribution in [0.15, 0.2) is 32.4 Å². The van der Waals surface area contributed by atoms with E-state index in [4.69, 9.17) is 9.41 Å². The van der Waals surface area contributed by atoms with Crippen molar-refractivity contribution < 1.29 is 4.42 Å². The van der Waals surface area contributed by atoms with Crippen molar-refractivity contribution in [1.82, 2.24) is 4.57 Å². The lowest BCUT2D eigenvalue weighted by Gasteiger charge is -2.16. The third kappa shape index (κ3) is 3.00. The first-order valence-electron chi connectivity index (χ1n) is 7.00. The van der Waals surface area contributed by atoms with Crippen LogP contribution >= 0.6 is 0 Å². The molecule has 4 heteroatoms. The zero-order valence-electron chi connectivity index (χ0n) is 12.9. The van der Waals surface area contributed by atoms with Crippen LogP contribution in [0.4, 0.5) is 0 Å². The number of hydrogen-bond donors (Lipinski definition) is 0. The van der Waals surface area contributed by atoms with Crippen LogP contribution < -0.4 is 5.76 Å². The molecule has 2 aromatic rings. The molecule has 0 N–H and O–H groups in total. The summed E-state index contributed by atoms with van der Waals surface area (Å²) in [6, 6.07) is 5.85. The van der Waals surface area contributed by atoms with Crippen molar-refractivity contribution in [3.63, 3.8) is 0 Å². The number of aliphatic imine (C=N–C) groups is 1. The Morgan fingerprint density at radius 3 is 2.65 bits per heavy atom. The van der Waals surface area contributed by atoms with Crippen LogP contribution in [0.25, 0.3) is 11.1 Å². The third-order valence-electron chi connectivity index (χ3n) is 3.08. The summed E-state index contributed by atoms with van der Waals surface area (Å²) in [5, 5.41) is 0. The first-order chi connectivity index (χ1) is 9.31. The van der Waals surface area contributed by atoms with Crippen molar-refractivity contribution in [3.05, 3.63) is 34.3 Å². The highest BCUT2D eigenvalue weighted by molar-refractivity contribution is 6.02. The molecular weight excluding hydrogens is 252 g/mol. The highest BCUT2D eigenvalue weighted by Crippen LogP contribution is 2.19. The molecule has 2 rings (SSSR count). The average Bonchev–Trinajstić information content (AvgIpc) is 2.62. The molecule has 0 aliphatic carbocycles. The quantitative estimate of drug-likeness (QED) is 0.804. The van der Waals surface area contributed by atoms with Crippen molar-refractivity contribution in [2.75, 3.05) is 0 Å². The van der Waals surface area contributed by atoms with E-state index in [0.29, 0.717) is 5.58 Å². The second-order valence-electron chi connectivity index (χ2n) is 6.09. The van der Waals surface area contributed by atoms with E-state index in [1.165, 1.54) is 4.57 Å². The van der Waals surface area contributed by atoms with E-state index >= 15 is 0 Å². The maximum atomic E-state index is 11.5. The number of nitrogens with zero attached hydrogens (tertiary/aromatic N) is 2. The number of hydrogen-bond acceptors (Lipinski definition) is 3. The fourth-order valence-corrected chi connectivity index (χ4v) is 2.22. The summed E-state index contributed by atoms with van der Waals surface area (Å²) in [7, 11) is 1.71. The molecule has 20 heavy (non-hydrogen) atoms. The predicted octanol–water partition coefficient (Wildman–Crippen LogP) is 3.52. The second-order valence-corrected chi connectivity index (χ2v) is 6.09. The van der Waals surface area contributed by atoms with Crippen LogP contribution in [-0.2, 0) is 7.05 Å². The standard InChI is InChI=1S/C16H22N2O2/c1-6-7-12(17-16(2,3)4)11-8-9-13-14(10-11)20-15(19)18(13)5/h8-10H,6-7H2,1-5H3/b17-12-. The van der Waals surface area contributed by atoms with Gasteiger partial charge >= 0.3 is 5.76 Å². The summed E-state index contributed by atoms with van der Waals surface area (Å²) in [6.07, 6.45) is 1.95. The first kappa shape index (κ1) is 14.6. The largest absolute Gasteiger partial charge is 0.419 e. The minimum Gasteiger partial charge on any atom is -0.408 e. The van der Waals surface area contributed by atoms with E-state index in [0.717, 1.165) is 29.6 Å². The minimum absolute atomic E-state index is 0.114. The maximum absolute atomic E-state index is 11.5. The lowest BCUT2D eigenvalue weighted by molar-refractivity contribution is 0.528. The van der Waals surface area contributed by atoms with Crippen molar-refractivity contribution in [3.8, 4) is 0 Å². The zero-order chi connectivity index (χ0) is 14.9. The normalized spacial score (nSPS) is 13.2. The Kier molecular flexibility index (Phi) is 3.84. The summed E-state index contributed by atoms with van der Waals surface area (Å²) >= 11 is 0. The average molecular weight is 274 g/mol. The summed E-state index contributed by atoms with van der Waals surface area (Å²) in [4.78, 5) is 16.3. The number of aromatic nitrogens is 1. The molecule has 1 aromatic carbocycles. The van der Waals surface area contributed by atoms with Crippen LogP contribution in [-0.4, -0.2) is 15.8 Å². The summed E-state index contributed by atoms with van der Waals surface area (Å²) < 4.78 is 6.76. The van der Waals surface area contributed by atoms with Gasteiger partial charge in [-0.3, -0.25) is 9.56 Å².